The third-order valence-corrected chi connectivity index (χ3v) is 5.84. The Kier molecular flexibility index (Phi) is 24.2. The number of ether oxygens (including phenoxy) is 2. The Bertz CT molecular complexity index is 748. The number of unbranched alkanes of at least 4 members (excludes halogenated alkanes) is 7. The summed E-state index contributed by atoms with van der Waals surface area (Å²) in [6, 6.07) is -1.16. The van der Waals surface area contributed by atoms with E-state index in [4.69, 9.17) is 19.7 Å². The summed E-state index contributed by atoms with van der Waals surface area (Å²) in [4.78, 5) is 67.3. The van der Waals surface area contributed by atoms with E-state index in [0.717, 1.165) is 51.4 Å². The zero-order chi connectivity index (χ0) is 29.8. The summed E-state index contributed by atoms with van der Waals surface area (Å²) in [5.74, 6) is -2.91. The Morgan fingerprint density at radius 2 is 1.10 bits per heavy atom. The number of hydrogen-bond donors (Lipinski definition) is 5. The van der Waals surface area contributed by atoms with E-state index in [0.29, 0.717) is 39.1 Å². The van der Waals surface area contributed by atoms with E-state index in [1.165, 1.54) is 0 Å². The van der Waals surface area contributed by atoms with Gasteiger partial charge in [-0.2, -0.15) is 0 Å². The molecule has 40 heavy (non-hydrogen) atoms. The highest BCUT2D eigenvalue weighted by molar-refractivity contribution is 5.87. The monoisotopic (exact) mass is 573 g/mol. The van der Waals surface area contributed by atoms with Crippen LogP contribution in [0.1, 0.15) is 89.9 Å². The molecule has 5 N–H and O–H groups in total. The number of hydrogen-bond acceptors (Lipinski definition) is 8. The fourth-order valence-corrected chi connectivity index (χ4v) is 3.63. The smallest absolute Gasteiger partial charge is 0.326 e. The molecular weight excluding hydrogens is 526 g/mol. The van der Waals surface area contributed by atoms with Crippen LogP contribution in [0, 0.1) is 0 Å². The second kappa shape index (κ2) is 26.2. The van der Waals surface area contributed by atoms with Crippen molar-refractivity contribution in [3.05, 3.63) is 0 Å². The Morgan fingerprint density at radius 3 is 1.60 bits per heavy atom. The number of carbonyl (C=O) groups is 6. The van der Waals surface area contributed by atoms with Gasteiger partial charge in [0.2, 0.25) is 17.7 Å². The first-order valence-corrected chi connectivity index (χ1v) is 14.1. The molecule has 0 rings (SSSR count). The van der Waals surface area contributed by atoms with Gasteiger partial charge in [0.1, 0.15) is 12.3 Å². The molecule has 0 aliphatic rings. The Morgan fingerprint density at radius 1 is 0.625 bits per heavy atom. The fourth-order valence-electron chi connectivity index (χ4n) is 3.63. The molecule has 0 aromatic carbocycles. The highest BCUT2D eigenvalue weighted by Crippen LogP contribution is 2.10. The Hall–Kier alpha value is -3.06. The fraction of sp³-hybridized carbons (Fsp3) is 0.778. The maximum Gasteiger partial charge on any atom is 0.326 e. The van der Waals surface area contributed by atoms with E-state index >= 15 is 0 Å². The lowest BCUT2D eigenvalue weighted by Gasteiger charge is -2.13. The molecule has 0 saturated heterocycles. The van der Waals surface area contributed by atoms with Crippen LogP contribution in [0.2, 0.25) is 0 Å². The highest BCUT2D eigenvalue weighted by Gasteiger charge is 2.19. The third-order valence-electron chi connectivity index (χ3n) is 5.84. The number of carboxylic acid groups (broad SMARTS) is 2. The Balaban J connectivity index is 3.49. The second-order valence-electron chi connectivity index (χ2n) is 9.35. The van der Waals surface area contributed by atoms with Gasteiger partial charge in [0.15, 0.2) is 0 Å². The molecule has 1 atom stereocenters. The van der Waals surface area contributed by atoms with Crippen LogP contribution in [0.4, 0.5) is 0 Å². The quantitative estimate of drug-likeness (QED) is 0.0676. The second-order valence-corrected chi connectivity index (χ2v) is 9.35. The van der Waals surface area contributed by atoms with Gasteiger partial charge in [0.25, 0.3) is 0 Å². The van der Waals surface area contributed by atoms with E-state index in [1.54, 1.807) is 0 Å². The molecule has 0 aromatic rings. The molecular formula is C27H47N3O10. The van der Waals surface area contributed by atoms with Crippen molar-refractivity contribution >= 4 is 35.9 Å². The number of rotatable bonds is 28. The molecule has 230 valence electrons. The number of nitrogens with one attached hydrogen (secondary N) is 3. The molecule has 0 aliphatic carbocycles. The normalized spacial score (nSPS) is 11.4. The first-order chi connectivity index (χ1) is 19.3. The highest BCUT2D eigenvalue weighted by atomic mass is 16.5. The summed E-state index contributed by atoms with van der Waals surface area (Å²) >= 11 is 0. The number of amides is 3. The maximum atomic E-state index is 11.8. The zero-order valence-corrected chi connectivity index (χ0v) is 23.5. The van der Waals surface area contributed by atoms with Crippen LogP contribution < -0.4 is 16.0 Å². The van der Waals surface area contributed by atoms with Gasteiger partial charge in [0.05, 0.1) is 26.4 Å². The first-order valence-electron chi connectivity index (χ1n) is 14.1. The summed E-state index contributed by atoms with van der Waals surface area (Å²) in [6.45, 7) is 1.96. The summed E-state index contributed by atoms with van der Waals surface area (Å²) < 4.78 is 10.7. The lowest BCUT2D eigenvalue weighted by atomic mass is 10.1. The van der Waals surface area contributed by atoms with Crippen LogP contribution in [-0.2, 0) is 38.2 Å². The van der Waals surface area contributed by atoms with Gasteiger partial charge in [-0.25, -0.2) is 4.79 Å². The van der Waals surface area contributed by atoms with Crippen molar-refractivity contribution in [2.24, 2.45) is 0 Å². The molecule has 13 nitrogen and oxygen atoms in total. The van der Waals surface area contributed by atoms with Crippen molar-refractivity contribution in [3.63, 3.8) is 0 Å². The van der Waals surface area contributed by atoms with E-state index in [9.17, 15) is 28.8 Å². The third kappa shape index (κ3) is 25.2. The molecule has 3 amide bonds. The molecule has 0 heterocycles. The number of carbonyl (C=O) groups excluding carboxylic acids is 4. The van der Waals surface area contributed by atoms with Crippen molar-refractivity contribution in [1.29, 1.82) is 0 Å². The van der Waals surface area contributed by atoms with Crippen molar-refractivity contribution in [3.8, 4) is 0 Å². The van der Waals surface area contributed by atoms with Gasteiger partial charge in [-0.3, -0.25) is 19.2 Å². The lowest BCUT2D eigenvalue weighted by Crippen LogP contribution is -2.41. The van der Waals surface area contributed by atoms with Crippen LogP contribution in [0.3, 0.4) is 0 Å². The SMILES string of the molecule is O=CCC[C@H](NC(=O)CCC(=O)NCCOCCOCCNC(=O)CCCCCCCCCCC(=O)O)C(=O)O. The summed E-state index contributed by atoms with van der Waals surface area (Å²) in [6.07, 6.45) is 8.95. The van der Waals surface area contributed by atoms with Crippen molar-refractivity contribution in [2.45, 2.75) is 95.9 Å². The van der Waals surface area contributed by atoms with Crippen LogP contribution in [0.25, 0.3) is 0 Å². The minimum Gasteiger partial charge on any atom is -0.481 e. The van der Waals surface area contributed by atoms with Crippen LogP contribution in [0.15, 0.2) is 0 Å². The molecule has 0 aromatic heterocycles. The van der Waals surface area contributed by atoms with Crippen molar-refractivity contribution in [2.75, 3.05) is 39.5 Å². The zero-order valence-electron chi connectivity index (χ0n) is 23.5. The average molecular weight is 574 g/mol. The Labute approximate surface area is 236 Å². The van der Waals surface area contributed by atoms with Gasteiger partial charge in [-0.1, -0.05) is 38.5 Å². The van der Waals surface area contributed by atoms with E-state index in [1.807, 2.05) is 0 Å². The van der Waals surface area contributed by atoms with Gasteiger partial charge in [-0.05, 0) is 19.3 Å². The van der Waals surface area contributed by atoms with Gasteiger partial charge in [-0.15, -0.1) is 0 Å². The van der Waals surface area contributed by atoms with Crippen molar-refractivity contribution < 1.29 is 48.5 Å². The van der Waals surface area contributed by atoms with Gasteiger partial charge in [0, 0.05) is 45.2 Å². The summed E-state index contributed by atoms with van der Waals surface area (Å²) in [5.41, 5.74) is 0. The molecule has 13 heteroatoms. The molecule has 0 bridgehead atoms. The van der Waals surface area contributed by atoms with Gasteiger partial charge >= 0.3 is 11.9 Å². The first kappa shape index (κ1) is 36.9. The predicted octanol–water partition coefficient (Wildman–Crippen LogP) is 1.57. The number of aliphatic carboxylic acids is 2. The summed E-state index contributed by atoms with van der Waals surface area (Å²) in [5, 5.41) is 25.3. The summed E-state index contributed by atoms with van der Waals surface area (Å²) in [7, 11) is 0. The van der Waals surface area contributed by atoms with Crippen LogP contribution in [-0.4, -0.2) is 91.7 Å². The number of carboxylic acids is 2. The van der Waals surface area contributed by atoms with E-state index in [2.05, 4.69) is 16.0 Å². The standard InChI is InChI=1S/C27H47N3O10/c31-17-9-10-22(27(37)38)30-25(34)14-13-24(33)29-16-19-40-21-20-39-18-15-28-23(32)11-7-5-3-1-2-4-6-8-12-26(35)36/h17,22H,1-16,18-21H2,(H,28,32)(H,29,33)(H,30,34)(H,35,36)(H,37,38)/t22-/m0/s1. The van der Waals surface area contributed by atoms with E-state index in [-0.39, 0.29) is 57.1 Å². The molecule has 0 spiro atoms. The lowest BCUT2D eigenvalue weighted by molar-refractivity contribution is -0.142. The van der Waals surface area contributed by atoms with Gasteiger partial charge < -0.3 is 40.4 Å². The minimum atomic E-state index is -1.23. The van der Waals surface area contributed by atoms with E-state index < -0.39 is 23.9 Å². The molecule has 0 aliphatic heterocycles. The van der Waals surface area contributed by atoms with Crippen LogP contribution in [0.5, 0.6) is 0 Å². The van der Waals surface area contributed by atoms with Crippen LogP contribution >= 0.6 is 0 Å². The molecule has 0 fully saturated rings. The largest absolute Gasteiger partial charge is 0.481 e. The topological polar surface area (TPSA) is 197 Å². The molecule has 0 radical (unpaired) electrons. The van der Waals surface area contributed by atoms with Crippen molar-refractivity contribution in [1.82, 2.24) is 16.0 Å². The minimum absolute atomic E-state index is 0.00125. The molecule has 0 saturated carbocycles. The number of aldehydes is 1. The maximum absolute atomic E-state index is 11.8. The molecule has 0 unspecified atom stereocenters. The average Bonchev–Trinajstić information content (AvgIpc) is 2.91. The predicted molar refractivity (Wildman–Crippen MR) is 146 cm³/mol.